The van der Waals surface area contributed by atoms with Crippen LogP contribution in [0.15, 0.2) is 67.0 Å². The van der Waals surface area contributed by atoms with Crippen LogP contribution in [0, 0.1) is 6.92 Å². The molecule has 1 amide bonds. The van der Waals surface area contributed by atoms with Gasteiger partial charge >= 0.3 is 0 Å². The van der Waals surface area contributed by atoms with Gasteiger partial charge in [0.25, 0.3) is 5.91 Å². The predicted octanol–water partition coefficient (Wildman–Crippen LogP) is 3.60. The fourth-order valence-corrected chi connectivity index (χ4v) is 3.02. The smallest absolute Gasteiger partial charge is 0.259 e. The normalized spacial score (nSPS) is 10.6. The Morgan fingerprint density at radius 3 is 2.72 bits per heavy atom. The van der Waals surface area contributed by atoms with E-state index in [0.717, 1.165) is 5.69 Å². The third-order valence-electron chi connectivity index (χ3n) is 4.59. The van der Waals surface area contributed by atoms with Gasteiger partial charge in [-0.2, -0.15) is 5.10 Å². The molecule has 9 nitrogen and oxygen atoms in total. The Balaban J connectivity index is 1.44. The second-order valence-electron chi connectivity index (χ2n) is 6.81. The number of amides is 1. The zero-order chi connectivity index (χ0) is 22.3. The summed E-state index contributed by atoms with van der Waals surface area (Å²) in [6.45, 7) is 4.52. The van der Waals surface area contributed by atoms with Crippen molar-refractivity contribution in [3.05, 3.63) is 83.9 Å². The maximum atomic E-state index is 12.8. The Kier molecular flexibility index (Phi) is 6.35. The molecule has 0 aliphatic carbocycles. The third-order valence-corrected chi connectivity index (χ3v) is 4.59. The fourth-order valence-electron chi connectivity index (χ4n) is 3.02. The van der Waals surface area contributed by atoms with Crippen LogP contribution in [0.25, 0.3) is 5.82 Å². The second-order valence-corrected chi connectivity index (χ2v) is 6.81. The Bertz CT molecular complexity index is 1190. The van der Waals surface area contributed by atoms with E-state index in [2.05, 4.69) is 25.6 Å². The monoisotopic (exact) mass is 430 g/mol. The molecule has 0 saturated heterocycles. The molecule has 4 rings (SSSR count). The van der Waals surface area contributed by atoms with Crippen molar-refractivity contribution in [3.8, 4) is 17.4 Å². The highest BCUT2D eigenvalue weighted by atomic mass is 16.5. The average molecular weight is 430 g/mol. The summed E-state index contributed by atoms with van der Waals surface area (Å²) in [5.41, 5.74) is 2.51. The molecule has 32 heavy (non-hydrogen) atoms. The lowest BCUT2D eigenvalue weighted by atomic mass is 10.2. The molecule has 9 heteroatoms. The number of rotatable bonds is 8. The van der Waals surface area contributed by atoms with Crippen LogP contribution in [0.3, 0.4) is 0 Å². The minimum absolute atomic E-state index is 0.283. The molecule has 0 fully saturated rings. The molecule has 0 atom stereocenters. The van der Waals surface area contributed by atoms with Crippen molar-refractivity contribution < 1.29 is 14.3 Å². The zero-order valence-corrected chi connectivity index (χ0v) is 17.7. The third kappa shape index (κ3) is 4.89. The summed E-state index contributed by atoms with van der Waals surface area (Å²) in [5.74, 6) is 1.28. The highest BCUT2D eigenvalue weighted by molar-refractivity contribution is 6.05. The van der Waals surface area contributed by atoms with Crippen molar-refractivity contribution in [2.45, 2.75) is 20.5 Å². The number of ether oxygens (including phenoxy) is 2. The summed E-state index contributed by atoms with van der Waals surface area (Å²) >= 11 is 0. The van der Waals surface area contributed by atoms with Gasteiger partial charge in [-0.3, -0.25) is 9.78 Å². The van der Waals surface area contributed by atoms with E-state index in [1.54, 1.807) is 42.1 Å². The van der Waals surface area contributed by atoms with Gasteiger partial charge in [-0.15, -0.1) is 10.2 Å². The molecule has 0 bridgehead atoms. The van der Waals surface area contributed by atoms with Gasteiger partial charge in [0.15, 0.2) is 5.82 Å². The van der Waals surface area contributed by atoms with Gasteiger partial charge < -0.3 is 14.8 Å². The van der Waals surface area contributed by atoms with E-state index in [4.69, 9.17) is 9.47 Å². The van der Waals surface area contributed by atoms with E-state index in [-0.39, 0.29) is 5.91 Å². The first-order chi connectivity index (χ1) is 15.6. The van der Waals surface area contributed by atoms with Gasteiger partial charge in [-0.05, 0) is 44.2 Å². The van der Waals surface area contributed by atoms with Crippen molar-refractivity contribution in [1.82, 2.24) is 25.0 Å². The van der Waals surface area contributed by atoms with Crippen molar-refractivity contribution in [1.29, 1.82) is 0 Å². The summed E-state index contributed by atoms with van der Waals surface area (Å²) < 4.78 is 12.6. The lowest BCUT2D eigenvalue weighted by molar-refractivity contribution is 0.102. The molecule has 0 radical (unpaired) electrons. The first-order valence-electron chi connectivity index (χ1n) is 10.1. The Morgan fingerprint density at radius 2 is 1.97 bits per heavy atom. The van der Waals surface area contributed by atoms with Crippen molar-refractivity contribution in [2.75, 3.05) is 11.9 Å². The van der Waals surface area contributed by atoms with Crippen molar-refractivity contribution in [2.24, 2.45) is 0 Å². The molecule has 3 heterocycles. The lowest BCUT2D eigenvalue weighted by Crippen LogP contribution is -2.13. The summed E-state index contributed by atoms with van der Waals surface area (Å²) in [6, 6.07) is 16.3. The highest BCUT2D eigenvalue weighted by Crippen LogP contribution is 2.20. The van der Waals surface area contributed by atoms with Gasteiger partial charge in [0.05, 0.1) is 29.8 Å². The molecule has 4 aromatic rings. The molecule has 0 unspecified atom stereocenters. The Hall–Kier alpha value is -4.27. The number of benzene rings is 1. The second kappa shape index (κ2) is 9.69. The van der Waals surface area contributed by atoms with Gasteiger partial charge in [0.2, 0.25) is 5.88 Å². The molecule has 0 aliphatic rings. The Morgan fingerprint density at radius 1 is 1.06 bits per heavy atom. The topological polar surface area (TPSA) is 104 Å². The minimum atomic E-state index is -0.283. The molecule has 0 aliphatic heterocycles. The zero-order valence-electron chi connectivity index (χ0n) is 17.7. The first kappa shape index (κ1) is 21.0. The number of nitrogens with zero attached hydrogens (tertiary/aromatic N) is 5. The minimum Gasteiger partial charge on any atom is -0.487 e. The molecule has 162 valence electrons. The average Bonchev–Trinajstić information content (AvgIpc) is 3.21. The van der Waals surface area contributed by atoms with Crippen LogP contribution in [0.2, 0.25) is 0 Å². The quantitative estimate of drug-likeness (QED) is 0.455. The summed E-state index contributed by atoms with van der Waals surface area (Å²) in [7, 11) is 0. The molecule has 0 spiro atoms. The van der Waals surface area contributed by atoms with Crippen LogP contribution in [-0.2, 0) is 6.61 Å². The first-order valence-corrected chi connectivity index (χ1v) is 10.1. The Labute approximate surface area is 185 Å². The maximum Gasteiger partial charge on any atom is 0.259 e. The van der Waals surface area contributed by atoms with Gasteiger partial charge in [0.1, 0.15) is 12.4 Å². The lowest BCUT2D eigenvalue weighted by Gasteiger charge is -2.09. The van der Waals surface area contributed by atoms with Gasteiger partial charge in [-0.25, -0.2) is 4.68 Å². The summed E-state index contributed by atoms with van der Waals surface area (Å²) in [5, 5.41) is 15.3. The number of hydrogen-bond acceptors (Lipinski definition) is 7. The molecular formula is C23H22N6O3. The van der Waals surface area contributed by atoms with Crippen LogP contribution in [0.1, 0.15) is 28.7 Å². The fraction of sp³-hybridized carbons (Fsp3) is 0.174. The molecule has 1 aromatic carbocycles. The number of aromatic nitrogens is 5. The number of pyridine rings is 1. The van der Waals surface area contributed by atoms with Crippen LogP contribution in [-0.4, -0.2) is 37.5 Å². The van der Waals surface area contributed by atoms with Crippen LogP contribution in [0.5, 0.6) is 11.6 Å². The maximum absolute atomic E-state index is 12.8. The van der Waals surface area contributed by atoms with E-state index < -0.39 is 0 Å². The van der Waals surface area contributed by atoms with E-state index >= 15 is 0 Å². The molecule has 0 saturated carbocycles. The SMILES string of the molecule is CCOc1ccc(-n2ncc(C(=O)Nc3cccc(OCc4ccccn4)c3)c2C)nn1. The number of carbonyl (C=O) groups excluding carboxylic acids is 1. The van der Waals surface area contributed by atoms with Crippen molar-refractivity contribution >= 4 is 11.6 Å². The summed E-state index contributed by atoms with van der Waals surface area (Å²) in [6.07, 6.45) is 3.22. The van der Waals surface area contributed by atoms with Crippen molar-refractivity contribution in [3.63, 3.8) is 0 Å². The summed E-state index contributed by atoms with van der Waals surface area (Å²) in [4.78, 5) is 17.1. The van der Waals surface area contributed by atoms with Gasteiger partial charge in [-0.1, -0.05) is 12.1 Å². The molecular weight excluding hydrogens is 408 g/mol. The predicted molar refractivity (Wildman–Crippen MR) is 118 cm³/mol. The van der Waals surface area contributed by atoms with Crippen LogP contribution >= 0.6 is 0 Å². The largest absolute Gasteiger partial charge is 0.487 e. The number of carbonyl (C=O) groups is 1. The molecule has 1 N–H and O–H groups in total. The van der Waals surface area contributed by atoms with E-state index in [1.807, 2.05) is 37.3 Å². The standard InChI is InChI=1S/C23H22N6O3/c1-3-31-22-11-10-21(27-28-22)29-16(2)20(14-25-29)23(30)26-17-8-6-9-19(13-17)32-15-18-7-4-5-12-24-18/h4-14H,3,15H2,1-2H3,(H,26,30). The highest BCUT2D eigenvalue weighted by Gasteiger charge is 2.16. The van der Waals surface area contributed by atoms with E-state index in [9.17, 15) is 4.79 Å². The number of anilines is 1. The number of hydrogen-bond donors (Lipinski definition) is 1. The molecule has 3 aromatic heterocycles. The van der Waals surface area contributed by atoms with Crippen LogP contribution in [0.4, 0.5) is 5.69 Å². The van der Waals surface area contributed by atoms with Gasteiger partial charge in [0, 0.05) is 24.0 Å². The van der Waals surface area contributed by atoms with E-state index in [0.29, 0.717) is 47.6 Å². The number of nitrogens with one attached hydrogen (secondary N) is 1. The van der Waals surface area contributed by atoms with E-state index in [1.165, 1.54) is 6.20 Å². The van der Waals surface area contributed by atoms with Crippen LogP contribution < -0.4 is 14.8 Å².